The smallest absolute Gasteiger partial charge is 0.353 e. The van der Waals surface area contributed by atoms with Crippen molar-refractivity contribution in [3.63, 3.8) is 0 Å². The molecule has 7 nitrogen and oxygen atoms in total. The lowest BCUT2D eigenvalue weighted by atomic mass is 10.2. The molecule has 1 unspecified atom stereocenters. The Morgan fingerprint density at radius 1 is 1.56 bits per heavy atom. The van der Waals surface area contributed by atoms with Crippen LogP contribution in [0.2, 0.25) is 0 Å². The summed E-state index contributed by atoms with van der Waals surface area (Å²) in [5.74, 6) is -1.34. The number of halogens is 1. The maximum Gasteiger partial charge on any atom is 0.353 e. The molecule has 8 heteroatoms. The average molecular weight is 314 g/mol. The summed E-state index contributed by atoms with van der Waals surface area (Å²) in [6, 6.07) is 3.43. The number of carboxylic acids is 1. The van der Waals surface area contributed by atoms with Gasteiger partial charge in [-0.05, 0) is 28.1 Å². The van der Waals surface area contributed by atoms with Gasteiger partial charge in [-0.25, -0.2) is 9.78 Å². The fourth-order valence-electron chi connectivity index (χ4n) is 1.32. The van der Waals surface area contributed by atoms with Gasteiger partial charge in [0.2, 0.25) is 6.10 Å². The minimum Gasteiger partial charge on any atom is -0.477 e. The molecule has 0 saturated carbocycles. The number of aliphatic carboxylic acids is 1. The first-order valence-electron chi connectivity index (χ1n) is 4.95. The lowest BCUT2D eigenvalue weighted by Gasteiger charge is -2.09. The van der Waals surface area contributed by atoms with Crippen molar-refractivity contribution in [3.05, 3.63) is 22.8 Å². The second kappa shape index (κ2) is 5.13. The zero-order valence-corrected chi connectivity index (χ0v) is 10.5. The average Bonchev–Trinajstić information content (AvgIpc) is 2.81. The second-order valence-electron chi connectivity index (χ2n) is 3.46. The van der Waals surface area contributed by atoms with Gasteiger partial charge in [0.1, 0.15) is 5.82 Å². The Labute approximate surface area is 110 Å². The second-order valence-corrected chi connectivity index (χ2v) is 4.32. The van der Waals surface area contributed by atoms with E-state index < -0.39 is 18.0 Å². The van der Waals surface area contributed by atoms with Crippen LogP contribution in [0.5, 0.6) is 0 Å². The number of nitrogens with one attached hydrogen (secondary N) is 1. The van der Waals surface area contributed by atoms with Crippen molar-refractivity contribution < 1.29 is 19.5 Å². The van der Waals surface area contributed by atoms with Gasteiger partial charge in [-0.1, -0.05) is 5.16 Å². The van der Waals surface area contributed by atoms with Crippen molar-refractivity contribution in [1.29, 1.82) is 0 Å². The first kappa shape index (κ1) is 12.5. The summed E-state index contributed by atoms with van der Waals surface area (Å²) < 4.78 is 0.621. The molecule has 2 N–H and O–H groups in total. The van der Waals surface area contributed by atoms with Crippen molar-refractivity contribution in [1.82, 2.24) is 4.98 Å². The number of carboxylic acid groups (broad SMARTS) is 1. The van der Waals surface area contributed by atoms with Crippen molar-refractivity contribution in [3.8, 4) is 0 Å². The molecular weight excluding hydrogens is 306 g/mol. The highest BCUT2D eigenvalue weighted by Gasteiger charge is 2.31. The third-order valence-electron chi connectivity index (χ3n) is 2.21. The number of pyridine rings is 1. The lowest BCUT2D eigenvalue weighted by molar-refractivity contribution is -0.129. The first-order valence-corrected chi connectivity index (χ1v) is 5.74. The summed E-state index contributed by atoms with van der Waals surface area (Å²) in [6.45, 7) is 0. The Morgan fingerprint density at radius 2 is 2.33 bits per heavy atom. The topological polar surface area (TPSA) is 101 Å². The summed E-state index contributed by atoms with van der Waals surface area (Å²) in [6.07, 6.45) is 0.519. The monoisotopic (exact) mass is 313 g/mol. The van der Waals surface area contributed by atoms with Crippen LogP contribution in [0.1, 0.15) is 6.42 Å². The van der Waals surface area contributed by atoms with E-state index in [1.807, 2.05) is 0 Å². The van der Waals surface area contributed by atoms with Crippen LogP contribution in [0, 0.1) is 0 Å². The zero-order chi connectivity index (χ0) is 13.1. The summed E-state index contributed by atoms with van der Waals surface area (Å²) >= 11 is 3.23. The minimum atomic E-state index is -1.19. The van der Waals surface area contributed by atoms with E-state index in [-0.39, 0.29) is 12.1 Å². The molecule has 18 heavy (non-hydrogen) atoms. The predicted octanol–water partition coefficient (Wildman–Crippen LogP) is 1.01. The van der Waals surface area contributed by atoms with E-state index >= 15 is 0 Å². The number of nitrogens with zero attached hydrogens (tertiary/aromatic N) is 2. The zero-order valence-electron chi connectivity index (χ0n) is 8.96. The van der Waals surface area contributed by atoms with Crippen LogP contribution >= 0.6 is 15.9 Å². The summed E-state index contributed by atoms with van der Waals surface area (Å²) in [5.41, 5.74) is -0.171. The van der Waals surface area contributed by atoms with Gasteiger partial charge in [-0.15, -0.1) is 0 Å². The quantitative estimate of drug-likeness (QED) is 0.867. The predicted molar refractivity (Wildman–Crippen MR) is 65.1 cm³/mol. The summed E-state index contributed by atoms with van der Waals surface area (Å²) in [4.78, 5) is 31.1. The molecule has 1 aromatic rings. The maximum absolute atomic E-state index is 11.8. The molecule has 2 heterocycles. The Hall–Kier alpha value is -1.96. The normalized spacial score (nSPS) is 17.8. The van der Waals surface area contributed by atoms with Gasteiger partial charge < -0.3 is 15.3 Å². The molecule has 0 saturated heterocycles. The molecule has 0 fully saturated rings. The van der Waals surface area contributed by atoms with E-state index in [1.165, 1.54) is 6.20 Å². The van der Waals surface area contributed by atoms with Crippen LogP contribution in [0.4, 0.5) is 5.82 Å². The molecule has 1 aliphatic heterocycles. The van der Waals surface area contributed by atoms with E-state index in [9.17, 15) is 9.59 Å². The van der Waals surface area contributed by atoms with E-state index in [1.54, 1.807) is 12.1 Å². The van der Waals surface area contributed by atoms with Crippen molar-refractivity contribution in [2.24, 2.45) is 5.16 Å². The Kier molecular flexibility index (Phi) is 3.56. The number of anilines is 1. The van der Waals surface area contributed by atoms with Gasteiger partial charge in [0.15, 0.2) is 5.71 Å². The van der Waals surface area contributed by atoms with Gasteiger partial charge in [0.05, 0.1) is 4.47 Å². The standard InChI is InChI=1S/C10H8BrN3O4/c11-5-2-1-3-12-8(5)13-9(15)7-4-6(10(16)17)14-18-7/h1-3,7H,4H2,(H,16,17)(H,12,13,15). The molecule has 0 aromatic carbocycles. The number of hydrogen-bond acceptors (Lipinski definition) is 5. The van der Waals surface area contributed by atoms with E-state index in [4.69, 9.17) is 9.94 Å². The van der Waals surface area contributed by atoms with E-state index in [0.29, 0.717) is 10.3 Å². The molecule has 0 bridgehead atoms. The van der Waals surface area contributed by atoms with Gasteiger partial charge in [-0.2, -0.15) is 0 Å². The summed E-state index contributed by atoms with van der Waals surface area (Å²) in [5, 5.41) is 14.5. The number of carbonyl (C=O) groups excluding carboxylic acids is 1. The number of amides is 1. The molecule has 94 valence electrons. The Balaban J connectivity index is 1.99. The summed E-state index contributed by atoms with van der Waals surface area (Å²) in [7, 11) is 0. The third kappa shape index (κ3) is 2.65. The highest BCUT2D eigenvalue weighted by atomic mass is 79.9. The van der Waals surface area contributed by atoms with Crippen molar-refractivity contribution >= 4 is 39.3 Å². The number of hydrogen-bond donors (Lipinski definition) is 2. The van der Waals surface area contributed by atoms with Gasteiger partial charge >= 0.3 is 5.97 Å². The van der Waals surface area contributed by atoms with Crippen LogP contribution in [0.25, 0.3) is 0 Å². The number of aromatic nitrogens is 1. The highest BCUT2D eigenvalue weighted by Crippen LogP contribution is 2.20. The molecule has 0 spiro atoms. The van der Waals surface area contributed by atoms with Crippen molar-refractivity contribution in [2.45, 2.75) is 12.5 Å². The van der Waals surface area contributed by atoms with E-state index in [2.05, 4.69) is 31.4 Å². The molecule has 1 atom stereocenters. The largest absolute Gasteiger partial charge is 0.477 e. The minimum absolute atomic E-state index is 0.0639. The fourth-order valence-corrected chi connectivity index (χ4v) is 1.67. The van der Waals surface area contributed by atoms with Crippen LogP contribution in [-0.2, 0) is 14.4 Å². The fraction of sp³-hybridized carbons (Fsp3) is 0.200. The molecule has 0 radical (unpaired) electrons. The third-order valence-corrected chi connectivity index (χ3v) is 2.85. The van der Waals surface area contributed by atoms with Crippen molar-refractivity contribution in [2.75, 3.05) is 5.32 Å². The SMILES string of the molecule is O=C(O)C1=NOC(C(=O)Nc2ncccc2Br)C1. The highest BCUT2D eigenvalue weighted by molar-refractivity contribution is 9.10. The number of rotatable bonds is 3. The Morgan fingerprint density at radius 3 is 2.94 bits per heavy atom. The van der Waals surface area contributed by atoms with Crippen LogP contribution in [0.15, 0.2) is 28.0 Å². The van der Waals surface area contributed by atoms with E-state index in [0.717, 1.165) is 0 Å². The van der Waals surface area contributed by atoms with Gasteiger partial charge in [0.25, 0.3) is 5.91 Å². The molecule has 0 aliphatic carbocycles. The van der Waals surface area contributed by atoms with Gasteiger partial charge in [-0.3, -0.25) is 4.79 Å². The number of oxime groups is 1. The molecule has 2 rings (SSSR count). The van der Waals surface area contributed by atoms with Crippen LogP contribution in [-0.4, -0.2) is 33.8 Å². The van der Waals surface area contributed by atoms with Crippen LogP contribution < -0.4 is 5.32 Å². The molecule has 1 aromatic heterocycles. The molecular formula is C10H8BrN3O4. The first-order chi connectivity index (χ1) is 8.58. The van der Waals surface area contributed by atoms with Crippen LogP contribution in [0.3, 0.4) is 0 Å². The van der Waals surface area contributed by atoms with Gasteiger partial charge in [0, 0.05) is 12.6 Å². The molecule has 1 amide bonds. The number of carbonyl (C=O) groups is 2. The Bertz CT molecular complexity index is 532. The maximum atomic E-state index is 11.8. The molecule has 1 aliphatic rings. The lowest BCUT2D eigenvalue weighted by Crippen LogP contribution is -2.29.